The van der Waals surface area contributed by atoms with E-state index in [1.165, 1.54) is 10.5 Å². The summed E-state index contributed by atoms with van der Waals surface area (Å²) in [5.41, 5.74) is 8.63. The lowest BCUT2D eigenvalue weighted by atomic mass is 9.61. The van der Waals surface area contributed by atoms with E-state index in [4.69, 9.17) is 10.7 Å². The van der Waals surface area contributed by atoms with Crippen molar-refractivity contribution in [1.82, 2.24) is 10.2 Å². The Balaban J connectivity index is 1.77. The minimum atomic E-state index is -4.29. The molecule has 0 bridgehead atoms. The van der Waals surface area contributed by atoms with Crippen molar-refractivity contribution in [3.63, 3.8) is 0 Å². The first-order valence-electron chi connectivity index (χ1n) is 9.62. The Morgan fingerprint density at radius 1 is 1.30 bits per heavy atom. The number of aryl methyl sites for hydroxylation is 1. The normalized spacial score (nSPS) is 33.0. The third kappa shape index (κ3) is 2.91. The molecule has 1 atom stereocenters. The Labute approximate surface area is 158 Å². The van der Waals surface area contributed by atoms with Crippen LogP contribution in [0, 0.1) is 12.3 Å². The molecule has 1 aromatic carbocycles. The number of fused-ring (bicyclic) bond motifs is 3. The van der Waals surface area contributed by atoms with Gasteiger partial charge < -0.3 is 16.0 Å². The standard InChI is InChI=1S/C20H27F3N4/c1-13-3-4-14-10-18(7-5-15(25-2)6-8-18)19(16(14)9-13)11-27(17(24)26-19)12-20(21,22)23/h3-4,9,15,25H,5-8,10-12H2,1-2H3,(H2,24,26). The predicted octanol–water partition coefficient (Wildman–Crippen LogP) is 3.09. The molecule has 2 spiro atoms. The number of alkyl halides is 3. The number of nitrogens with one attached hydrogen (secondary N) is 1. The van der Waals surface area contributed by atoms with Gasteiger partial charge in [0.15, 0.2) is 5.96 Å². The zero-order chi connectivity index (χ0) is 19.4. The van der Waals surface area contributed by atoms with Crippen LogP contribution in [0.5, 0.6) is 0 Å². The number of halogens is 3. The average molecular weight is 380 g/mol. The number of nitrogens with two attached hydrogens (primary N) is 1. The second-order valence-electron chi connectivity index (χ2n) is 8.48. The molecule has 0 amide bonds. The van der Waals surface area contributed by atoms with E-state index in [0.717, 1.165) is 43.2 Å². The van der Waals surface area contributed by atoms with Gasteiger partial charge in [0.1, 0.15) is 12.1 Å². The molecule has 7 heteroatoms. The van der Waals surface area contributed by atoms with Gasteiger partial charge in [-0.25, -0.2) is 4.99 Å². The summed E-state index contributed by atoms with van der Waals surface area (Å²) in [4.78, 5) is 6.02. The van der Waals surface area contributed by atoms with Crippen LogP contribution in [-0.4, -0.2) is 43.2 Å². The minimum absolute atomic E-state index is 0.0248. The highest BCUT2D eigenvalue weighted by Crippen LogP contribution is 2.61. The Kier molecular flexibility index (Phi) is 4.22. The molecule has 1 aliphatic heterocycles. The fourth-order valence-corrected chi connectivity index (χ4v) is 5.52. The van der Waals surface area contributed by atoms with E-state index in [2.05, 4.69) is 23.5 Å². The van der Waals surface area contributed by atoms with Crippen LogP contribution in [0.4, 0.5) is 13.2 Å². The molecule has 2 aliphatic carbocycles. The van der Waals surface area contributed by atoms with Crippen molar-refractivity contribution in [1.29, 1.82) is 0 Å². The molecule has 1 aromatic rings. The molecule has 0 radical (unpaired) electrons. The SMILES string of the molecule is CNC1CCC2(CC1)Cc1ccc(C)cc1C21CN(CC(F)(F)F)C(N)=N1. The highest BCUT2D eigenvalue weighted by Gasteiger charge is 2.61. The Bertz CT molecular complexity index is 765. The molecule has 27 heavy (non-hydrogen) atoms. The van der Waals surface area contributed by atoms with Crippen molar-refractivity contribution in [2.24, 2.45) is 16.1 Å². The summed E-state index contributed by atoms with van der Waals surface area (Å²) in [5.74, 6) is 0.0248. The van der Waals surface area contributed by atoms with Crippen LogP contribution in [-0.2, 0) is 12.0 Å². The molecule has 1 unspecified atom stereocenters. The fourth-order valence-electron chi connectivity index (χ4n) is 5.52. The smallest absolute Gasteiger partial charge is 0.370 e. The first-order chi connectivity index (χ1) is 12.7. The van der Waals surface area contributed by atoms with Crippen LogP contribution in [0.2, 0.25) is 0 Å². The molecular weight excluding hydrogens is 353 g/mol. The number of nitrogens with zero attached hydrogens (tertiary/aromatic N) is 2. The summed E-state index contributed by atoms with van der Waals surface area (Å²) in [6, 6.07) is 6.79. The predicted molar refractivity (Wildman–Crippen MR) is 99.6 cm³/mol. The number of benzene rings is 1. The van der Waals surface area contributed by atoms with E-state index in [0.29, 0.717) is 6.04 Å². The molecule has 1 heterocycles. The van der Waals surface area contributed by atoms with Gasteiger partial charge in [0, 0.05) is 11.5 Å². The molecule has 148 valence electrons. The third-order valence-corrected chi connectivity index (χ3v) is 6.89. The van der Waals surface area contributed by atoms with Gasteiger partial charge in [0.25, 0.3) is 0 Å². The van der Waals surface area contributed by atoms with Gasteiger partial charge in [0.2, 0.25) is 0 Å². The Hall–Kier alpha value is -1.76. The van der Waals surface area contributed by atoms with Crippen molar-refractivity contribution in [3.8, 4) is 0 Å². The lowest BCUT2D eigenvalue weighted by Gasteiger charge is -2.47. The summed E-state index contributed by atoms with van der Waals surface area (Å²) in [5, 5.41) is 3.35. The summed E-state index contributed by atoms with van der Waals surface area (Å²) in [6.07, 6.45) is 0.498. The van der Waals surface area contributed by atoms with E-state index < -0.39 is 18.3 Å². The average Bonchev–Trinajstić information content (AvgIpc) is 3.04. The van der Waals surface area contributed by atoms with Crippen LogP contribution in [0.3, 0.4) is 0 Å². The van der Waals surface area contributed by atoms with Crippen molar-refractivity contribution >= 4 is 5.96 Å². The Morgan fingerprint density at radius 3 is 2.63 bits per heavy atom. The summed E-state index contributed by atoms with van der Waals surface area (Å²) in [6.45, 7) is 1.20. The van der Waals surface area contributed by atoms with E-state index in [1.54, 1.807) is 0 Å². The quantitative estimate of drug-likeness (QED) is 0.829. The van der Waals surface area contributed by atoms with E-state index in [1.807, 2.05) is 14.0 Å². The lowest BCUT2D eigenvalue weighted by molar-refractivity contribution is -0.139. The number of hydrogen-bond acceptors (Lipinski definition) is 4. The minimum Gasteiger partial charge on any atom is -0.370 e. The molecule has 3 aliphatic rings. The first kappa shape index (κ1) is 18.6. The maximum atomic E-state index is 13.1. The second kappa shape index (κ2) is 6.12. The summed E-state index contributed by atoms with van der Waals surface area (Å²) >= 11 is 0. The maximum Gasteiger partial charge on any atom is 0.406 e. The van der Waals surface area contributed by atoms with E-state index >= 15 is 0 Å². The van der Waals surface area contributed by atoms with Gasteiger partial charge in [0.05, 0.1) is 6.54 Å². The first-order valence-corrected chi connectivity index (χ1v) is 9.62. The number of aliphatic imine (C=N–C) groups is 1. The van der Waals surface area contributed by atoms with Crippen molar-refractivity contribution in [3.05, 3.63) is 34.9 Å². The summed E-state index contributed by atoms with van der Waals surface area (Å²) < 4.78 is 39.3. The zero-order valence-electron chi connectivity index (χ0n) is 15.9. The fraction of sp³-hybridized carbons (Fsp3) is 0.650. The number of rotatable bonds is 2. The monoisotopic (exact) mass is 380 g/mol. The molecule has 1 fully saturated rings. The summed E-state index contributed by atoms with van der Waals surface area (Å²) in [7, 11) is 1.97. The van der Waals surface area contributed by atoms with E-state index in [-0.39, 0.29) is 17.9 Å². The van der Waals surface area contributed by atoms with Crippen LogP contribution in [0.1, 0.15) is 42.4 Å². The van der Waals surface area contributed by atoms with Crippen LogP contribution < -0.4 is 11.1 Å². The van der Waals surface area contributed by atoms with Gasteiger partial charge in [-0.1, -0.05) is 23.8 Å². The van der Waals surface area contributed by atoms with Crippen molar-refractivity contribution in [2.45, 2.75) is 56.8 Å². The van der Waals surface area contributed by atoms with Gasteiger partial charge in [-0.05, 0) is 57.2 Å². The van der Waals surface area contributed by atoms with E-state index in [9.17, 15) is 13.2 Å². The molecule has 3 N–H and O–H groups in total. The van der Waals surface area contributed by atoms with Gasteiger partial charge in [-0.3, -0.25) is 0 Å². The van der Waals surface area contributed by atoms with Crippen molar-refractivity contribution < 1.29 is 13.2 Å². The maximum absolute atomic E-state index is 13.1. The number of hydrogen-bond donors (Lipinski definition) is 2. The molecular formula is C20H27F3N4. The lowest BCUT2D eigenvalue weighted by Crippen LogP contribution is -2.50. The van der Waals surface area contributed by atoms with Crippen molar-refractivity contribution in [2.75, 3.05) is 20.1 Å². The topological polar surface area (TPSA) is 53.6 Å². The van der Waals surface area contributed by atoms with Gasteiger partial charge in [-0.2, -0.15) is 13.2 Å². The Morgan fingerprint density at radius 2 is 2.00 bits per heavy atom. The van der Waals surface area contributed by atoms with Crippen LogP contribution in [0.25, 0.3) is 0 Å². The van der Waals surface area contributed by atoms with Crippen LogP contribution in [0.15, 0.2) is 23.2 Å². The van der Waals surface area contributed by atoms with Gasteiger partial charge in [-0.15, -0.1) is 0 Å². The third-order valence-electron chi connectivity index (χ3n) is 6.89. The highest BCUT2D eigenvalue weighted by atomic mass is 19.4. The van der Waals surface area contributed by atoms with Gasteiger partial charge >= 0.3 is 6.18 Å². The largest absolute Gasteiger partial charge is 0.406 e. The number of guanidine groups is 1. The molecule has 0 saturated heterocycles. The van der Waals surface area contributed by atoms with Crippen LogP contribution >= 0.6 is 0 Å². The zero-order valence-corrected chi connectivity index (χ0v) is 15.9. The molecule has 4 rings (SSSR count). The molecule has 1 saturated carbocycles. The molecule has 4 nitrogen and oxygen atoms in total. The highest BCUT2D eigenvalue weighted by molar-refractivity contribution is 5.81. The molecule has 0 aromatic heterocycles. The second-order valence-corrected chi connectivity index (χ2v) is 8.48.